The van der Waals surface area contributed by atoms with Crippen molar-refractivity contribution in [3.63, 3.8) is 0 Å². The van der Waals surface area contributed by atoms with Crippen molar-refractivity contribution in [1.29, 1.82) is 0 Å². The van der Waals surface area contributed by atoms with E-state index in [9.17, 15) is 0 Å². The van der Waals surface area contributed by atoms with Crippen LogP contribution in [0.3, 0.4) is 0 Å². The number of likely N-dealkylation sites (N-methyl/N-ethyl adjacent to an activating group) is 2. The first-order valence-corrected chi connectivity index (χ1v) is 7.40. The maximum absolute atomic E-state index is 6.06. The Balaban J connectivity index is 2.18. The molecule has 4 heteroatoms. The fourth-order valence-electron chi connectivity index (χ4n) is 3.18. The van der Waals surface area contributed by atoms with Gasteiger partial charge in [-0.15, -0.1) is 0 Å². The Kier molecular flexibility index (Phi) is 5.40. The van der Waals surface area contributed by atoms with E-state index in [2.05, 4.69) is 36.0 Å². The van der Waals surface area contributed by atoms with E-state index in [4.69, 9.17) is 10.5 Å². The van der Waals surface area contributed by atoms with Gasteiger partial charge in [0, 0.05) is 24.7 Å². The first-order valence-electron chi connectivity index (χ1n) is 7.40. The zero-order valence-corrected chi connectivity index (χ0v) is 12.9. The monoisotopic (exact) mass is 277 g/mol. The molecule has 1 saturated heterocycles. The number of benzene rings is 1. The molecule has 0 bridgehead atoms. The highest BCUT2D eigenvalue weighted by Gasteiger charge is 2.27. The van der Waals surface area contributed by atoms with Gasteiger partial charge in [-0.3, -0.25) is 4.90 Å². The molecule has 0 aromatic heterocycles. The van der Waals surface area contributed by atoms with E-state index in [0.29, 0.717) is 12.6 Å². The van der Waals surface area contributed by atoms with Crippen LogP contribution in [0.5, 0.6) is 5.75 Å². The second-order valence-corrected chi connectivity index (χ2v) is 5.72. The summed E-state index contributed by atoms with van der Waals surface area (Å²) in [5, 5.41) is 0. The van der Waals surface area contributed by atoms with Gasteiger partial charge in [-0.05, 0) is 39.5 Å². The largest absolute Gasteiger partial charge is 0.496 e. The molecule has 0 spiro atoms. The van der Waals surface area contributed by atoms with Crippen LogP contribution in [0.1, 0.15) is 24.4 Å². The minimum absolute atomic E-state index is 0.211. The van der Waals surface area contributed by atoms with Crippen LogP contribution in [-0.4, -0.2) is 56.7 Å². The molecule has 2 atom stereocenters. The predicted octanol–water partition coefficient (Wildman–Crippen LogP) is 1.72. The van der Waals surface area contributed by atoms with Crippen molar-refractivity contribution in [2.24, 2.45) is 5.73 Å². The molecule has 4 nitrogen and oxygen atoms in total. The van der Waals surface area contributed by atoms with Gasteiger partial charge in [-0.1, -0.05) is 18.2 Å². The lowest BCUT2D eigenvalue weighted by molar-refractivity contribution is 0.0999. The number of nitrogens with two attached hydrogens (primary N) is 1. The van der Waals surface area contributed by atoms with Gasteiger partial charge >= 0.3 is 0 Å². The van der Waals surface area contributed by atoms with Gasteiger partial charge in [0.25, 0.3) is 0 Å². The number of nitrogens with zero attached hydrogens (tertiary/aromatic N) is 2. The second-order valence-electron chi connectivity index (χ2n) is 5.72. The highest BCUT2D eigenvalue weighted by atomic mass is 16.5. The van der Waals surface area contributed by atoms with Crippen molar-refractivity contribution in [1.82, 2.24) is 9.80 Å². The smallest absolute Gasteiger partial charge is 0.123 e. The highest BCUT2D eigenvalue weighted by Crippen LogP contribution is 2.30. The molecule has 2 rings (SSSR count). The lowest BCUT2D eigenvalue weighted by atomic mass is 9.99. The average Bonchev–Trinajstić information content (AvgIpc) is 2.48. The van der Waals surface area contributed by atoms with Gasteiger partial charge < -0.3 is 15.4 Å². The van der Waals surface area contributed by atoms with E-state index in [1.54, 1.807) is 7.11 Å². The number of likely N-dealkylation sites (tertiary alicyclic amines) is 1. The second kappa shape index (κ2) is 7.07. The van der Waals surface area contributed by atoms with Gasteiger partial charge in [0.05, 0.1) is 13.2 Å². The Hall–Kier alpha value is -1.10. The predicted molar refractivity (Wildman–Crippen MR) is 83.1 cm³/mol. The first kappa shape index (κ1) is 15.3. The van der Waals surface area contributed by atoms with Crippen molar-refractivity contribution in [2.45, 2.75) is 24.9 Å². The van der Waals surface area contributed by atoms with E-state index in [1.807, 2.05) is 12.1 Å². The summed E-state index contributed by atoms with van der Waals surface area (Å²) in [5.41, 5.74) is 7.25. The molecule has 1 aliphatic rings. The van der Waals surface area contributed by atoms with Crippen LogP contribution in [0.4, 0.5) is 0 Å². The summed E-state index contributed by atoms with van der Waals surface area (Å²) in [6, 6.07) is 8.97. The molecule has 20 heavy (non-hydrogen) atoms. The molecule has 0 saturated carbocycles. The van der Waals surface area contributed by atoms with Crippen molar-refractivity contribution in [3.8, 4) is 5.75 Å². The van der Waals surface area contributed by atoms with Crippen LogP contribution in [0.2, 0.25) is 0 Å². The molecule has 1 aromatic rings. The molecule has 112 valence electrons. The topological polar surface area (TPSA) is 41.7 Å². The van der Waals surface area contributed by atoms with Crippen molar-refractivity contribution >= 4 is 0 Å². The van der Waals surface area contributed by atoms with Gasteiger partial charge in [0.15, 0.2) is 0 Å². The molecule has 0 aliphatic carbocycles. The molecule has 1 heterocycles. The van der Waals surface area contributed by atoms with E-state index in [1.165, 1.54) is 24.9 Å². The SMILES string of the molecule is COc1ccccc1C(CN)N(C)C1CCCN(C)C1. The molecule has 0 amide bonds. The number of hydrogen-bond acceptors (Lipinski definition) is 4. The number of piperidine rings is 1. The van der Waals surface area contributed by atoms with Gasteiger partial charge in [-0.2, -0.15) is 0 Å². The number of ether oxygens (including phenoxy) is 1. The zero-order valence-electron chi connectivity index (χ0n) is 12.9. The Bertz CT molecular complexity index is 424. The molecule has 1 aliphatic heterocycles. The van der Waals surface area contributed by atoms with Gasteiger partial charge in [-0.25, -0.2) is 0 Å². The lowest BCUT2D eigenvalue weighted by Crippen LogP contribution is -2.47. The van der Waals surface area contributed by atoms with E-state index >= 15 is 0 Å². The minimum atomic E-state index is 0.211. The zero-order chi connectivity index (χ0) is 14.5. The van der Waals surface area contributed by atoms with Gasteiger partial charge in [0.1, 0.15) is 5.75 Å². The van der Waals surface area contributed by atoms with Crippen LogP contribution in [0.25, 0.3) is 0 Å². The molecule has 2 unspecified atom stereocenters. The molecular weight excluding hydrogens is 250 g/mol. The number of para-hydroxylation sites is 1. The third-order valence-corrected chi connectivity index (χ3v) is 4.39. The van der Waals surface area contributed by atoms with Crippen molar-refractivity contribution in [3.05, 3.63) is 29.8 Å². The standard InChI is InChI=1S/C16H27N3O/c1-18-10-6-7-13(12-18)19(2)15(11-17)14-8-4-5-9-16(14)20-3/h4-5,8-9,13,15H,6-7,10-12,17H2,1-3H3. The normalized spacial score (nSPS) is 21.9. The Morgan fingerprint density at radius 1 is 1.45 bits per heavy atom. The fourth-order valence-corrected chi connectivity index (χ4v) is 3.18. The summed E-state index contributed by atoms with van der Waals surface area (Å²) in [6.45, 7) is 2.92. The summed E-state index contributed by atoms with van der Waals surface area (Å²) in [4.78, 5) is 4.83. The van der Waals surface area contributed by atoms with Crippen molar-refractivity contribution < 1.29 is 4.74 Å². The summed E-state index contributed by atoms with van der Waals surface area (Å²) < 4.78 is 5.49. The summed E-state index contributed by atoms with van der Waals surface area (Å²) >= 11 is 0. The molecule has 1 aromatic carbocycles. The Morgan fingerprint density at radius 3 is 2.85 bits per heavy atom. The van der Waals surface area contributed by atoms with E-state index < -0.39 is 0 Å². The highest BCUT2D eigenvalue weighted by molar-refractivity contribution is 5.36. The number of hydrogen-bond donors (Lipinski definition) is 1. The molecular formula is C16H27N3O. The van der Waals surface area contributed by atoms with E-state index in [0.717, 1.165) is 12.3 Å². The average molecular weight is 277 g/mol. The minimum Gasteiger partial charge on any atom is -0.496 e. The fraction of sp³-hybridized carbons (Fsp3) is 0.625. The molecule has 1 fully saturated rings. The number of rotatable bonds is 5. The van der Waals surface area contributed by atoms with Crippen LogP contribution < -0.4 is 10.5 Å². The third kappa shape index (κ3) is 3.32. The van der Waals surface area contributed by atoms with Crippen LogP contribution in [-0.2, 0) is 0 Å². The first-order chi connectivity index (χ1) is 9.67. The summed E-state index contributed by atoms with van der Waals surface area (Å²) in [6.07, 6.45) is 2.50. The maximum atomic E-state index is 6.06. The number of methoxy groups -OCH3 is 1. The van der Waals surface area contributed by atoms with Crippen LogP contribution in [0, 0.1) is 0 Å². The Labute approximate surface area is 122 Å². The lowest BCUT2D eigenvalue weighted by Gasteiger charge is -2.40. The molecule has 2 N–H and O–H groups in total. The van der Waals surface area contributed by atoms with E-state index in [-0.39, 0.29) is 6.04 Å². The molecule has 0 radical (unpaired) electrons. The van der Waals surface area contributed by atoms with Crippen molar-refractivity contribution in [2.75, 3.05) is 40.8 Å². The van der Waals surface area contributed by atoms with Gasteiger partial charge in [0.2, 0.25) is 0 Å². The maximum Gasteiger partial charge on any atom is 0.123 e. The third-order valence-electron chi connectivity index (χ3n) is 4.39. The Morgan fingerprint density at radius 2 is 2.20 bits per heavy atom. The van der Waals surface area contributed by atoms with Crippen LogP contribution >= 0.6 is 0 Å². The summed E-state index contributed by atoms with van der Waals surface area (Å²) in [5.74, 6) is 0.930. The summed E-state index contributed by atoms with van der Waals surface area (Å²) in [7, 11) is 6.11. The van der Waals surface area contributed by atoms with Crippen LogP contribution in [0.15, 0.2) is 24.3 Å². The quantitative estimate of drug-likeness (QED) is 0.890.